The molecule has 0 atom stereocenters. The molecule has 100 valence electrons. The van der Waals surface area contributed by atoms with Crippen molar-refractivity contribution in [1.82, 2.24) is 9.55 Å². The van der Waals surface area contributed by atoms with Crippen LogP contribution in [0, 0.1) is 6.92 Å². The van der Waals surface area contributed by atoms with Gasteiger partial charge in [-0.3, -0.25) is 4.57 Å². The Hall–Kier alpha value is -2.30. The van der Waals surface area contributed by atoms with E-state index < -0.39 is 5.97 Å². The summed E-state index contributed by atoms with van der Waals surface area (Å²) >= 11 is 0. The summed E-state index contributed by atoms with van der Waals surface area (Å²) in [7, 11) is 0. The summed E-state index contributed by atoms with van der Waals surface area (Å²) in [5.74, 6) is -0.380. The molecule has 0 spiro atoms. The van der Waals surface area contributed by atoms with Crippen LogP contribution in [0.5, 0.6) is 11.8 Å². The number of carboxylic acid groups (broad SMARTS) is 1. The van der Waals surface area contributed by atoms with Crippen molar-refractivity contribution in [3.8, 4) is 11.8 Å². The van der Waals surface area contributed by atoms with Gasteiger partial charge in [-0.15, -0.1) is 0 Å². The third-order valence-electron chi connectivity index (χ3n) is 2.73. The highest BCUT2D eigenvalue weighted by Gasteiger charge is 2.19. The normalized spacial score (nSPS) is 10.7. The number of aromatic carboxylic acids is 1. The van der Waals surface area contributed by atoms with E-state index in [0.717, 1.165) is 5.56 Å². The third kappa shape index (κ3) is 2.76. The summed E-state index contributed by atoms with van der Waals surface area (Å²) in [5, 5.41) is 9.11. The second kappa shape index (κ2) is 5.14. The largest absolute Gasteiger partial charge is 0.477 e. The summed E-state index contributed by atoms with van der Waals surface area (Å²) in [6.07, 6.45) is 1.31. The predicted molar refractivity (Wildman–Crippen MR) is 70.8 cm³/mol. The van der Waals surface area contributed by atoms with E-state index in [9.17, 15) is 4.79 Å². The number of rotatable bonds is 4. The molecule has 2 rings (SSSR count). The number of carboxylic acids is 1. The second-order valence-electron chi connectivity index (χ2n) is 4.61. The molecule has 1 heterocycles. The molecular formula is C14H16N2O3. The van der Waals surface area contributed by atoms with Crippen LogP contribution in [0.25, 0.3) is 0 Å². The zero-order valence-corrected chi connectivity index (χ0v) is 11.1. The molecule has 0 fully saturated rings. The van der Waals surface area contributed by atoms with Gasteiger partial charge in [-0.05, 0) is 32.9 Å². The van der Waals surface area contributed by atoms with Crippen molar-refractivity contribution in [2.24, 2.45) is 0 Å². The number of nitrogens with zero attached hydrogens (tertiary/aromatic N) is 2. The Kier molecular flexibility index (Phi) is 3.55. The van der Waals surface area contributed by atoms with Crippen molar-refractivity contribution in [3.63, 3.8) is 0 Å². The van der Waals surface area contributed by atoms with Crippen LogP contribution in [-0.2, 0) is 0 Å². The number of aromatic nitrogens is 2. The molecule has 0 bridgehead atoms. The minimum absolute atomic E-state index is 0.0472. The van der Waals surface area contributed by atoms with Crippen molar-refractivity contribution in [2.75, 3.05) is 0 Å². The quantitative estimate of drug-likeness (QED) is 0.916. The summed E-state index contributed by atoms with van der Waals surface area (Å²) in [4.78, 5) is 15.2. The van der Waals surface area contributed by atoms with Gasteiger partial charge in [0.1, 0.15) is 11.4 Å². The number of hydrogen-bond acceptors (Lipinski definition) is 3. The molecule has 0 saturated carbocycles. The lowest BCUT2D eigenvalue weighted by atomic mass is 10.2. The lowest BCUT2D eigenvalue weighted by Gasteiger charge is -2.13. The van der Waals surface area contributed by atoms with Crippen LogP contribution >= 0.6 is 0 Å². The fourth-order valence-corrected chi connectivity index (χ4v) is 1.79. The van der Waals surface area contributed by atoms with Crippen LogP contribution < -0.4 is 4.74 Å². The first kappa shape index (κ1) is 13.1. The summed E-state index contributed by atoms with van der Waals surface area (Å²) < 4.78 is 7.20. The maximum atomic E-state index is 11.1. The second-order valence-corrected chi connectivity index (χ2v) is 4.61. The van der Waals surface area contributed by atoms with Gasteiger partial charge in [-0.1, -0.05) is 17.7 Å². The van der Waals surface area contributed by atoms with Gasteiger partial charge in [-0.25, -0.2) is 9.78 Å². The van der Waals surface area contributed by atoms with Gasteiger partial charge in [0.15, 0.2) is 0 Å². The first-order valence-corrected chi connectivity index (χ1v) is 6.04. The van der Waals surface area contributed by atoms with Crippen LogP contribution in [0.1, 0.15) is 35.9 Å². The van der Waals surface area contributed by atoms with Crippen molar-refractivity contribution in [3.05, 3.63) is 41.7 Å². The Morgan fingerprint density at radius 3 is 2.47 bits per heavy atom. The van der Waals surface area contributed by atoms with Crippen molar-refractivity contribution in [2.45, 2.75) is 26.8 Å². The van der Waals surface area contributed by atoms with E-state index >= 15 is 0 Å². The number of ether oxygens (including phenoxy) is 1. The topological polar surface area (TPSA) is 64.3 Å². The number of hydrogen-bond donors (Lipinski definition) is 1. The summed E-state index contributed by atoms with van der Waals surface area (Å²) in [5.41, 5.74) is 1.25. The maximum absolute atomic E-state index is 11.1. The first-order chi connectivity index (χ1) is 8.99. The van der Waals surface area contributed by atoms with E-state index in [0.29, 0.717) is 5.75 Å². The number of carbonyl (C=O) groups is 1. The monoisotopic (exact) mass is 260 g/mol. The predicted octanol–water partition coefficient (Wildman–Crippen LogP) is 3.26. The van der Waals surface area contributed by atoms with Gasteiger partial charge in [0.2, 0.25) is 0 Å². The van der Waals surface area contributed by atoms with Gasteiger partial charge < -0.3 is 9.84 Å². The van der Waals surface area contributed by atoms with Gasteiger partial charge in [-0.2, -0.15) is 0 Å². The Labute approximate surface area is 111 Å². The molecule has 0 unspecified atom stereocenters. The van der Waals surface area contributed by atoms with Gasteiger partial charge >= 0.3 is 12.0 Å². The molecule has 0 radical (unpaired) electrons. The maximum Gasteiger partial charge on any atom is 0.354 e. The molecule has 5 nitrogen and oxygen atoms in total. The Bertz CT molecular complexity index is 585. The van der Waals surface area contributed by atoms with E-state index in [2.05, 4.69) is 4.98 Å². The Morgan fingerprint density at radius 2 is 1.95 bits per heavy atom. The minimum atomic E-state index is -1.01. The van der Waals surface area contributed by atoms with Gasteiger partial charge in [0.25, 0.3) is 0 Å². The smallest absolute Gasteiger partial charge is 0.354 e. The fourth-order valence-electron chi connectivity index (χ4n) is 1.79. The van der Waals surface area contributed by atoms with Crippen LogP contribution in [-0.4, -0.2) is 20.6 Å². The molecule has 1 N–H and O–H groups in total. The van der Waals surface area contributed by atoms with Gasteiger partial charge in [0.05, 0.1) is 6.20 Å². The minimum Gasteiger partial charge on any atom is -0.477 e. The van der Waals surface area contributed by atoms with E-state index in [1.54, 1.807) is 4.57 Å². The van der Waals surface area contributed by atoms with Crippen LogP contribution in [0.15, 0.2) is 30.5 Å². The molecular weight excluding hydrogens is 244 g/mol. The van der Waals surface area contributed by atoms with E-state index in [1.807, 2.05) is 45.0 Å². The summed E-state index contributed by atoms with van der Waals surface area (Å²) in [6.45, 7) is 5.76. The number of imidazole rings is 1. The van der Waals surface area contributed by atoms with Gasteiger partial charge in [0, 0.05) is 6.04 Å². The van der Waals surface area contributed by atoms with E-state index in [-0.39, 0.29) is 17.7 Å². The molecule has 0 aliphatic carbocycles. The molecule has 1 aromatic carbocycles. The van der Waals surface area contributed by atoms with E-state index in [4.69, 9.17) is 9.84 Å². The molecule has 0 aliphatic rings. The van der Waals surface area contributed by atoms with Crippen LogP contribution in [0.2, 0.25) is 0 Å². The Balaban J connectivity index is 2.35. The van der Waals surface area contributed by atoms with Crippen LogP contribution in [0.4, 0.5) is 0 Å². The summed E-state index contributed by atoms with van der Waals surface area (Å²) in [6, 6.07) is 7.75. The zero-order chi connectivity index (χ0) is 14.0. The molecule has 0 aliphatic heterocycles. The van der Waals surface area contributed by atoms with Crippen LogP contribution in [0.3, 0.4) is 0 Å². The van der Waals surface area contributed by atoms with Crippen molar-refractivity contribution in [1.29, 1.82) is 0 Å². The number of aryl methyl sites for hydroxylation is 1. The zero-order valence-electron chi connectivity index (χ0n) is 11.1. The first-order valence-electron chi connectivity index (χ1n) is 6.04. The average molecular weight is 260 g/mol. The van der Waals surface area contributed by atoms with E-state index in [1.165, 1.54) is 6.20 Å². The molecule has 0 saturated heterocycles. The third-order valence-corrected chi connectivity index (χ3v) is 2.73. The molecule has 0 amide bonds. The molecule has 2 aromatic rings. The molecule has 19 heavy (non-hydrogen) atoms. The van der Waals surface area contributed by atoms with Crippen molar-refractivity contribution >= 4 is 5.97 Å². The highest BCUT2D eigenvalue weighted by atomic mass is 16.5. The highest BCUT2D eigenvalue weighted by Crippen LogP contribution is 2.25. The van der Waals surface area contributed by atoms with Crippen molar-refractivity contribution < 1.29 is 14.6 Å². The average Bonchev–Trinajstić information content (AvgIpc) is 2.76. The lowest BCUT2D eigenvalue weighted by molar-refractivity contribution is 0.0682. The number of benzene rings is 1. The molecule has 5 heteroatoms. The Morgan fingerprint density at radius 1 is 1.32 bits per heavy atom. The molecule has 1 aromatic heterocycles. The standard InChI is InChI=1S/C14H16N2O3/c1-9(2)16-12(13(17)18)8-15-14(16)19-11-6-4-10(3)5-7-11/h4-9H,1-3H3,(H,17,18). The lowest BCUT2D eigenvalue weighted by Crippen LogP contribution is -2.11. The fraction of sp³-hybridized carbons (Fsp3) is 0.286. The SMILES string of the molecule is Cc1ccc(Oc2ncc(C(=O)O)n2C(C)C)cc1. The highest BCUT2D eigenvalue weighted by molar-refractivity contribution is 5.85.